The molecular weight excluding hydrogens is 270 g/mol. The van der Waals surface area contributed by atoms with E-state index in [1.807, 2.05) is 0 Å². The summed E-state index contributed by atoms with van der Waals surface area (Å²) in [6.07, 6.45) is 0. The molecule has 0 radical (unpaired) electrons. The van der Waals surface area contributed by atoms with Crippen LogP contribution in [0.4, 0.5) is 0 Å². The first-order chi connectivity index (χ1) is 7.38. The van der Waals surface area contributed by atoms with Crippen LogP contribution >= 0.6 is 27.3 Å². The molecule has 15 heavy (non-hydrogen) atoms. The minimum atomic E-state index is 0.834. The second-order valence-electron chi connectivity index (χ2n) is 3.37. The van der Waals surface area contributed by atoms with E-state index in [2.05, 4.69) is 57.3 Å². The van der Waals surface area contributed by atoms with Crippen molar-refractivity contribution in [2.45, 2.75) is 5.33 Å². The number of alkyl halides is 1. The maximum absolute atomic E-state index is 4.63. The van der Waals surface area contributed by atoms with E-state index >= 15 is 0 Å². The van der Waals surface area contributed by atoms with Gasteiger partial charge in [0.15, 0.2) is 0 Å². The van der Waals surface area contributed by atoms with E-state index in [0.29, 0.717) is 0 Å². The normalized spacial score (nSPS) is 11.3. The van der Waals surface area contributed by atoms with Crippen LogP contribution in [0.5, 0.6) is 0 Å². The van der Waals surface area contributed by atoms with Crippen LogP contribution in [0.25, 0.3) is 21.0 Å². The van der Waals surface area contributed by atoms with Crippen LogP contribution < -0.4 is 0 Å². The summed E-state index contributed by atoms with van der Waals surface area (Å²) in [7, 11) is 0. The molecule has 3 aromatic rings. The predicted molar refractivity (Wildman–Crippen MR) is 69.8 cm³/mol. The van der Waals surface area contributed by atoms with E-state index in [9.17, 15) is 0 Å². The molecule has 0 saturated carbocycles. The Bertz CT molecular complexity index is 630. The number of fused-ring (bicyclic) bond motifs is 3. The number of rotatable bonds is 1. The minimum absolute atomic E-state index is 0.834. The number of hydrogen-bond donors (Lipinski definition) is 0. The van der Waals surface area contributed by atoms with Crippen LogP contribution in [-0.2, 0) is 5.33 Å². The van der Waals surface area contributed by atoms with Crippen molar-refractivity contribution < 1.29 is 0 Å². The van der Waals surface area contributed by atoms with Gasteiger partial charge in [0.05, 0.1) is 15.5 Å². The smallest absolute Gasteiger partial charge is 0.104 e. The van der Waals surface area contributed by atoms with Crippen molar-refractivity contribution in [3.05, 3.63) is 41.4 Å². The molecule has 1 aromatic heterocycles. The Kier molecular flexibility index (Phi) is 2.22. The number of benzene rings is 2. The van der Waals surface area contributed by atoms with Crippen LogP contribution in [0, 0.1) is 0 Å². The van der Waals surface area contributed by atoms with Crippen molar-refractivity contribution in [2.24, 2.45) is 0 Å². The molecule has 0 aliphatic rings. The minimum Gasteiger partial charge on any atom is -0.240 e. The Hall–Kier alpha value is -0.930. The van der Waals surface area contributed by atoms with Crippen LogP contribution in [0.15, 0.2) is 36.4 Å². The standard InChI is InChI=1S/C12H8BrNS/c13-7-11-14-12-9-4-2-1-3-8(9)5-6-10(12)15-11/h1-6H,7H2. The Balaban J connectivity index is 2.47. The summed E-state index contributed by atoms with van der Waals surface area (Å²) < 4.78 is 1.27. The lowest BCUT2D eigenvalue weighted by atomic mass is 10.1. The largest absolute Gasteiger partial charge is 0.240 e. The molecule has 0 unspecified atom stereocenters. The topological polar surface area (TPSA) is 12.9 Å². The molecule has 3 heteroatoms. The average molecular weight is 278 g/mol. The highest BCUT2D eigenvalue weighted by molar-refractivity contribution is 9.08. The van der Waals surface area contributed by atoms with Gasteiger partial charge in [0.2, 0.25) is 0 Å². The van der Waals surface area contributed by atoms with E-state index in [-0.39, 0.29) is 0 Å². The fourth-order valence-electron chi connectivity index (χ4n) is 1.76. The Morgan fingerprint density at radius 3 is 2.87 bits per heavy atom. The first-order valence-electron chi connectivity index (χ1n) is 4.71. The summed E-state index contributed by atoms with van der Waals surface area (Å²) in [5, 5.41) is 4.48. The molecule has 0 fully saturated rings. The maximum Gasteiger partial charge on any atom is 0.104 e. The summed E-state index contributed by atoms with van der Waals surface area (Å²) in [5.41, 5.74) is 1.13. The van der Waals surface area contributed by atoms with Crippen molar-refractivity contribution in [1.29, 1.82) is 0 Å². The highest BCUT2D eigenvalue weighted by Crippen LogP contribution is 2.29. The van der Waals surface area contributed by atoms with E-state index in [1.54, 1.807) is 11.3 Å². The lowest BCUT2D eigenvalue weighted by molar-refractivity contribution is 1.33. The van der Waals surface area contributed by atoms with Crippen molar-refractivity contribution in [1.82, 2.24) is 4.98 Å². The number of thiazole rings is 1. The van der Waals surface area contributed by atoms with E-state index in [0.717, 1.165) is 15.9 Å². The molecule has 0 amide bonds. The van der Waals surface area contributed by atoms with Gasteiger partial charge in [-0.25, -0.2) is 4.98 Å². The fourth-order valence-corrected chi connectivity index (χ4v) is 3.07. The van der Waals surface area contributed by atoms with Gasteiger partial charge >= 0.3 is 0 Å². The van der Waals surface area contributed by atoms with Gasteiger partial charge in [-0.05, 0) is 11.5 Å². The van der Waals surface area contributed by atoms with E-state index in [4.69, 9.17) is 0 Å². The SMILES string of the molecule is BrCc1nc2c(ccc3ccccc32)s1. The number of nitrogens with zero attached hydrogens (tertiary/aromatic N) is 1. The second-order valence-corrected chi connectivity index (χ2v) is 5.05. The van der Waals surface area contributed by atoms with Crippen LogP contribution in [0.1, 0.15) is 5.01 Å². The van der Waals surface area contributed by atoms with Crippen LogP contribution in [0.3, 0.4) is 0 Å². The molecule has 0 saturated heterocycles. The Morgan fingerprint density at radius 1 is 1.13 bits per heavy atom. The third kappa shape index (κ3) is 1.46. The average Bonchev–Trinajstić information content (AvgIpc) is 2.72. The van der Waals surface area contributed by atoms with Gasteiger partial charge in [-0.3, -0.25) is 0 Å². The fraction of sp³-hybridized carbons (Fsp3) is 0.0833. The van der Waals surface area contributed by atoms with E-state index < -0.39 is 0 Å². The highest BCUT2D eigenvalue weighted by Gasteiger charge is 2.05. The van der Waals surface area contributed by atoms with Gasteiger partial charge < -0.3 is 0 Å². The third-order valence-corrected chi connectivity index (χ3v) is 4.37. The number of aromatic nitrogens is 1. The van der Waals surface area contributed by atoms with Crippen molar-refractivity contribution >= 4 is 48.3 Å². The first-order valence-corrected chi connectivity index (χ1v) is 6.65. The summed E-state index contributed by atoms with van der Waals surface area (Å²) in [6, 6.07) is 12.7. The predicted octanol–water partition coefficient (Wildman–Crippen LogP) is 4.34. The molecular formula is C12H8BrNS. The zero-order valence-electron chi connectivity index (χ0n) is 7.90. The van der Waals surface area contributed by atoms with Crippen molar-refractivity contribution in [2.75, 3.05) is 0 Å². The molecule has 0 bridgehead atoms. The van der Waals surface area contributed by atoms with Gasteiger partial charge in [-0.2, -0.15) is 0 Å². The molecule has 0 atom stereocenters. The van der Waals surface area contributed by atoms with Crippen LogP contribution in [0.2, 0.25) is 0 Å². The Morgan fingerprint density at radius 2 is 2.00 bits per heavy atom. The monoisotopic (exact) mass is 277 g/mol. The van der Waals surface area contributed by atoms with Crippen molar-refractivity contribution in [3.8, 4) is 0 Å². The summed E-state index contributed by atoms with van der Waals surface area (Å²) >= 11 is 5.20. The zero-order valence-corrected chi connectivity index (χ0v) is 10.3. The Labute approximate surface area is 99.9 Å². The molecule has 0 N–H and O–H groups in total. The maximum atomic E-state index is 4.63. The number of halogens is 1. The molecule has 74 valence electrons. The summed E-state index contributed by atoms with van der Waals surface area (Å²) in [5.74, 6) is 0. The van der Waals surface area contributed by atoms with Gasteiger partial charge in [-0.15, -0.1) is 11.3 Å². The summed E-state index contributed by atoms with van der Waals surface area (Å²) in [4.78, 5) is 4.63. The molecule has 0 spiro atoms. The van der Waals surface area contributed by atoms with Crippen LogP contribution in [-0.4, -0.2) is 4.98 Å². The second kappa shape index (κ2) is 3.58. The molecule has 0 aliphatic heterocycles. The first kappa shape index (κ1) is 9.31. The molecule has 0 aliphatic carbocycles. The highest BCUT2D eigenvalue weighted by atomic mass is 79.9. The molecule has 1 nitrogen and oxygen atoms in total. The van der Waals surface area contributed by atoms with Crippen molar-refractivity contribution in [3.63, 3.8) is 0 Å². The molecule has 3 rings (SSSR count). The number of hydrogen-bond acceptors (Lipinski definition) is 2. The quantitative estimate of drug-likeness (QED) is 0.603. The zero-order chi connectivity index (χ0) is 10.3. The lowest BCUT2D eigenvalue weighted by Gasteiger charge is -1.96. The van der Waals surface area contributed by atoms with Gasteiger partial charge in [-0.1, -0.05) is 46.3 Å². The van der Waals surface area contributed by atoms with Gasteiger partial charge in [0.25, 0.3) is 0 Å². The van der Waals surface area contributed by atoms with E-state index in [1.165, 1.54) is 15.5 Å². The molecule has 1 heterocycles. The van der Waals surface area contributed by atoms with Gasteiger partial charge in [0.1, 0.15) is 5.01 Å². The molecule has 2 aromatic carbocycles. The summed E-state index contributed by atoms with van der Waals surface area (Å²) in [6.45, 7) is 0. The van der Waals surface area contributed by atoms with Gasteiger partial charge in [0, 0.05) is 5.39 Å². The lowest BCUT2D eigenvalue weighted by Crippen LogP contribution is -1.75. The third-order valence-electron chi connectivity index (χ3n) is 2.44.